The van der Waals surface area contributed by atoms with Gasteiger partial charge in [-0.2, -0.15) is 0 Å². The molecule has 1 fully saturated rings. The molecule has 1 rings (SSSR count). The maximum atomic E-state index is 10.6. The second-order valence-corrected chi connectivity index (χ2v) is 3.63. The van der Waals surface area contributed by atoms with Crippen molar-refractivity contribution in [3.8, 4) is 0 Å². The summed E-state index contributed by atoms with van der Waals surface area (Å²) in [5, 5.41) is 0. The molecule has 0 aromatic heterocycles. The third kappa shape index (κ3) is 1.44. The lowest BCUT2D eigenvalue weighted by atomic mass is 9.97. The predicted molar refractivity (Wildman–Crippen MR) is 48.0 cm³/mol. The van der Waals surface area contributed by atoms with Crippen LogP contribution in [0.1, 0.15) is 33.6 Å². The van der Waals surface area contributed by atoms with Crippen molar-refractivity contribution in [2.45, 2.75) is 44.8 Å². The van der Waals surface area contributed by atoms with E-state index in [2.05, 4.69) is 13.0 Å². The summed E-state index contributed by atoms with van der Waals surface area (Å²) >= 11 is 0. The van der Waals surface area contributed by atoms with E-state index in [4.69, 9.17) is 4.74 Å². The summed E-state index contributed by atoms with van der Waals surface area (Å²) in [6.45, 7) is 5.88. The Morgan fingerprint density at radius 1 is 1.33 bits per heavy atom. The molecule has 0 N–H and O–H groups in total. The topological polar surface area (TPSA) is 29.6 Å². The largest absolute Gasteiger partial charge is 0.351 e. The molecule has 12 heavy (non-hydrogen) atoms. The summed E-state index contributed by atoms with van der Waals surface area (Å²) in [5.74, 6) is 0. The van der Waals surface area contributed by atoms with Gasteiger partial charge < -0.3 is 9.53 Å². The Balaban J connectivity index is 2.50. The van der Waals surface area contributed by atoms with Crippen LogP contribution >= 0.6 is 0 Å². The van der Waals surface area contributed by atoms with Crippen molar-refractivity contribution in [3.05, 3.63) is 12.2 Å². The Labute approximate surface area is 73.6 Å². The quantitative estimate of drug-likeness (QED) is 0.365. The third-order valence-corrected chi connectivity index (χ3v) is 2.48. The molecule has 0 spiro atoms. The van der Waals surface area contributed by atoms with E-state index >= 15 is 0 Å². The van der Waals surface area contributed by atoms with E-state index in [1.54, 1.807) is 0 Å². The lowest BCUT2D eigenvalue weighted by Crippen LogP contribution is -2.18. The number of aldehydes is 1. The van der Waals surface area contributed by atoms with Gasteiger partial charge in [-0.05, 0) is 20.3 Å². The lowest BCUT2D eigenvalue weighted by molar-refractivity contribution is -0.111. The number of hydrogen-bond acceptors (Lipinski definition) is 2. The Morgan fingerprint density at radius 3 is 2.42 bits per heavy atom. The molecular formula is C10H16O2. The summed E-state index contributed by atoms with van der Waals surface area (Å²) in [7, 11) is 0. The van der Waals surface area contributed by atoms with Gasteiger partial charge in [-0.1, -0.05) is 25.5 Å². The molecule has 2 atom stereocenters. The van der Waals surface area contributed by atoms with Crippen molar-refractivity contribution >= 4 is 6.29 Å². The molecule has 0 aromatic rings. The van der Waals surface area contributed by atoms with Gasteiger partial charge in [-0.3, -0.25) is 0 Å². The van der Waals surface area contributed by atoms with Gasteiger partial charge in [-0.15, -0.1) is 0 Å². The zero-order valence-electron chi connectivity index (χ0n) is 7.96. The number of unbranched alkanes of at least 4 members (excludes halogenated alkanes) is 1. The van der Waals surface area contributed by atoms with Gasteiger partial charge >= 0.3 is 0 Å². The highest BCUT2D eigenvalue weighted by molar-refractivity contribution is 5.70. The molecule has 0 saturated carbocycles. The van der Waals surface area contributed by atoms with Crippen LogP contribution in [-0.4, -0.2) is 17.5 Å². The average molecular weight is 168 g/mol. The highest BCUT2D eigenvalue weighted by atomic mass is 16.6. The minimum absolute atomic E-state index is 0.343. The van der Waals surface area contributed by atoms with Gasteiger partial charge in [-0.25, -0.2) is 0 Å². The molecule has 1 aliphatic rings. The SMILES string of the molecule is CCCC=CC1(C)OC1(C)C=O. The van der Waals surface area contributed by atoms with Crippen LogP contribution in [0.3, 0.4) is 0 Å². The fourth-order valence-electron chi connectivity index (χ4n) is 1.23. The Morgan fingerprint density at radius 2 is 2.00 bits per heavy atom. The van der Waals surface area contributed by atoms with Gasteiger partial charge in [0.15, 0.2) is 11.9 Å². The summed E-state index contributed by atoms with van der Waals surface area (Å²) < 4.78 is 5.33. The fourth-order valence-corrected chi connectivity index (χ4v) is 1.23. The predicted octanol–water partition coefficient (Wildman–Crippen LogP) is 2.09. The molecule has 1 saturated heterocycles. The molecular weight excluding hydrogens is 152 g/mol. The van der Waals surface area contributed by atoms with Crippen molar-refractivity contribution in [2.24, 2.45) is 0 Å². The van der Waals surface area contributed by atoms with Crippen molar-refractivity contribution in [2.75, 3.05) is 0 Å². The molecule has 2 nitrogen and oxygen atoms in total. The van der Waals surface area contributed by atoms with Gasteiger partial charge in [0, 0.05) is 0 Å². The van der Waals surface area contributed by atoms with Gasteiger partial charge in [0.1, 0.15) is 5.60 Å². The Bertz CT molecular complexity index is 210. The number of carbonyl (C=O) groups excluding carboxylic acids is 1. The van der Waals surface area contributed by atoms with E-state index in [0.29, 0.717) is 0 Å². The molecule has 0 aliphatic carbocycles. The highest BCUT2D eigenvalue weighted by Crippen LogP contribution is 2.47. The minimum atomic E-state index is -0.572. The maximum absolute atomic E-state index is 10.6. The molecule has 0 radical (unpaired) electrons. The van der Waals surface area contributed by atoms with Crippen LogP contribution < -0.4 is 0 Å². The zero-order chi connectivity index (χ0) is 9.24. The van der Waals surface area contributed by atoms with Crippen LogP contribution in [0.2, 0.25) is 0 Å². The third-order valence-electron chi connectivity index (χ3n) is 2.48. The molecule has 2 unspecified atom stereocenters. The first-order chi connectivity index (χ1) is 5.58. The second kappa shape index (κ2) is 3.02. The Kier molecular flexibility index (Phi) is 2.38. The van der Waals surface area contributed by atoms with Crippen LogP contribution in [0.15, 0.2) is 12.2 Å². The standard InChI is InChI=1S/C10H16O2/c1-4-5-6-7-9(2)10(3,8-11)12-9/h6-8H,4-5H2,1-3H3. The van der Waals surface area contributed by atoms with E-state index in [1.165, 1.54) is 0 Å². The fraction of sp³-hybridized carbons (Fsp3) is 0.700. The molecule has 0 bridgehead atoms. The number of epoxide rings is 1. The summed E-state index contributed by atoms with van der Waals surface area (Å²) in [6.07, 6.45) is 7.13. The average Bonchev–Trinajstić information content (AvgIpc) is 2.57. The smallest absolute Gasteiger partial charge is 0.154 e. The second-order valence-electron chi connectivity index (χ2n) is 3.63. The lowest BCUT2D eigenvalue weighted by Gasteiger charge is -1.99. The van der Waals surface area contributed by atoms with E-state index < -0.39 is 5.60 Å². The monoisotopic (exact) mass is 168 g/mol. The van der Waals surface area contributed by atoms with Gasteiger partial charge in [0.05, 0.1) is 0 Å². The molecule has 0 aromatic carbocycles. The van der Waals surface area contributed by atoms with Crippen molar-refractivity contribution < 1.29 is 9.53 Å². The first-order valence-electron chi connectivity index (χ1n) is 4.42. The molecule has 68 valence electrons. The van der Waals surface area contributed by atoms with Crippen LogP contribution in [-0.2, 0) is 9.53 Å². The van der Waals surface area contributed by atoms with Crippen LogP contribution in [0.5, 0.6) is 0 Å². The summed E-state index contributed by atoms with van der Waals surface area (Å²) in [5.41, 5.74) is -0.916. The van der Waals surface area contributed by atoms with Crippen LogP contribution in [0, 0.1) is 0 Å². The summed E-state index contributed by atoms with van der Waals surface area (Å²) in [6, 6.07) is 0. The van der Waals surface area contributed by atoms with Crippen molar-refractivity contribution in [3.63, 3.8) is 0 Å². The van der Waals surface area contributed by atoms with Gasteiger partial charge in [0.25, 0.3) is 0 Å². The molecule has 2 heteroatoms. The number of hydrogen-bond donors (Lipinski definition) is 0. The molecule has 1 heterocycles. The number of rotatable bonds is 4. The van der Waals surface area contributed by atoms with Crippen molar-refractivity contribution in [1.29, 1.82) is 0 Å². The van der Waals surface area contributed by atoms with E-state index in [1.807, 2.05) is 19.9 Å². The van der Waals surface area contributed by atoms with E-state index in [-0.39, 0.29) is 5.60 Å². The van der Waals surface area contributed by atoms with Crippen molar-refractivity contribution in [1.82, 2.24) is 0 Å². The highest BCUT2D eigenvalue weighted by Gasteiger charge is 2.62. The number of carbonyl (C=O) groups is 1. The first kappa shape index (κ1) is 9.46. The summed E-state index contributed by atoms with van der Waals surface area (Å²) in [4.78, 5) is 10.6. The molecule has 0 amide bonds. The first-order valence-corrected chi connectivity index (χ1v) is 4.42. The number of ether oxygens (including phenoxy) is 1. The van der Waals surface area contributed by atoms with E-state index in [9.17, 15) is 4.79 Å². The van der Waals surface area contributed by atoms with E-state index in [0.717, 1.165) is 19.1 Å². The maximum Gasteiger partial charge on any atom is 0.154 e. The normalized spacial score (nSPS) is 40.2. The van der Waals surface area contributed by atoms with Gasteiger partial charge in [0.2, 0.25) is 0 Å². The Hall–Kier alpha value is -0.630. The zero-order valence-corrected chi connectivity index (χ0v) is 7.96. The molecule has 1 aliphatic heterocycles. The van der Waals surface area contributed by atoms with Crippen LogP contribution in [0.4, 0.5) is 0 Å². The van der Waals surface area contributed by atoms with Crippen LogP contribution in [0.25, 0.3) is 0 Å². The number of allylic oxidation sites excluding steroid dienone is 1. The minimum Gasteiger partial charge on any atom is -0.351 e.